The molecule has 2 aliphatic rings. The number of ether oxygens (including phenoxy) is 1. The second-order valence-corrected chi connectivity index (χ2v) is 7.47. The Balaban J connectivity index is 1.64. The second kappa shape index (κ2) is 8.65. The van der Waals surface area contributed by atoms with Gasteiger partial charge in [-0.05, 0) is 12.8 Å². The van der Waals surface area contributed by atoms with Gasteiger partial charge in [0.1, 0.15) is 5.82 Å². The number of hydrogen-bond donors (Lipinski definition) is 1. The van der Waals surface area contributed by atoms with Crippen molar-refractivity contribution in [2.24, 2.45) is 0 Å². The zero-order chi connectivity index (χ0) is 20.2. The largest absolute Gasteiger partial charge is 0.527 e. The summed E-state index contributed by atoms with van der Waals surface area (Å²) >= 11 is 0. The summed E-state index contributed by atoms with van der Waals surface area (Å²) in [5.74, 6) is 0.592. The van der Waals surface area contributed by atoms with E-state index >= 15 is 0 Å². The summed E-state index contributed by atoms with van der Waals surface area (Å²) in [5.41, 5.74) is 2.09. The standard InChI is InChI=1S/C21H26N4O4/c1-28-21(27)29-24-12-13-25-17(14-24)18(20(26)22-16-10-6-3-7-11-16)23-19(25)15-8-4-2-5-9-15/h2,4-5,8-9,16H,3,6-7,10-14H2,1H3,(H,22,26). The number of aromatic nitrogens is 2. The van der Waals surface area contributed by atoms with Crippen molar-refractivity contribution in [3.05, 3.63) is 41.7 Å². The van der Waals surface area contributed by atoms with E-state index in [-0.39, 0.29) is 18.5 Å². The number of imidazole rings is 1. The highest BCUT2D eigenvalue weighted by Gasteiger charge is 2.30. The van der Waals surface area contributed by atoms with E-state index in [9.17, 15) is 9.59 Å². The Morgan fingerprint density at radius 2 is 1.86 bits per heavy atom. The van der Waals surface area contributed by atoms with Gasteiger partial charge in [0.05, 0.1) is 25.9 Å². The molecule has 0 bridgehead atoms. The fourth-order valence-electron chi connectivity index (χ4n) is 4.06. The molecule has 0 spiro atoms. The third-order valence-corrected chi connectivity index (χ3v) is 5.53. The molecule has 1 saturated carbocycles. The van der Waals surface area contributed by atoms with Crippen LogP contribution in [-0.2, 0) is 22.7 Å². The molecule has 8 nitrogen and oxygen atoms in total. The Morgan fingerprint density at radius 3 is 2.59 bits per heavy atom. The van der Waals surface area contributed by atoms with E-state index in [0.29, 0.717) is 18.8 Å². The van der Waals surface area contributed by atoms with Gasteiger partial charge in [0.25, 0.3) is 5.91 Å². The van der Waals surface area contributed by atoms with Crippen LogP contribution in [0.4, 0.5) is 4.79 Å². The summed E-state index contributed by atoms with van der Waals surface area (Å²) < 4.78 is 6.63. The number of carbonyl (C=O) groups is 2. The van der Waals surface area contributed by atoms with Crippen molar-refractivity contribution in [1.29, 1.82) is 0 Å². The molecule has 154 valence electrons. The predicted octanol–water partition coefficient (Wildman–Crippen LogP) is 3.13. The summed E-state index contributed by atoms with van der Waals surface area (Å²) in [4.78, 5) is 34.5. The Kier molecular flexibility index (Phi) is 5.80. The van der Waals surface area contributed by atoms with Crippen LogP contribution in [0.1, 0.15) is 48.3 Å². The van der Waals surface area contributed by atoms with Gasteiger partial charge >= 0.3 is 6.16 Å². The minimum atomic E-state index is -0.769. The molecule has 1 aliphatic carbocycles. The van der Waals surface area contributed by atoms with Crippen LogP contribution in [0.5, 0.6) is 0 Å². The zero-order valence-electron chi connectivity index (χ0n) is 16.6. The van der Waals surface area contributed by atoms with E-state index in [0.717, 1.165) is 42.8 Å². The Hall–Kier alpha value is -2.87. The van der Waals surface area contributed by atoms with Crippen LogP contribution < -0.4 is 5.32 Å². The molecule has 0 unspecified atom stereocenters. The van der Waals surface area contributed by atoms with Crippen LogP contribution in [0.3, 0.4) is 0 Å². The van der Waals surface area contributed by atoms with Gasteiger partial charge in [-0.25, -0.2) is 9.78 Å². The summed E-state index contributed by atoms with van der Waals surface area (Å²) in [7, 11) is 1.27. The van der Waals surface area contributed by atoms with Gasteiger partial charge < -0.3 is 19.5 Å². The van der Waals surface area contributed by atoms with Crippen molar-refractivity contribution in [3.8, 4) is 11.4 Å². The number of methoxy groups -OCH3 is 1. The molecule has 29 heavy (non-hydrogen) atoms. The lowest BCUT2D eigenvalue weighted by Gasteiger charge is -2.27. The minimum Gasteiger partial charge on any atom is -0.436 e. The number of nitrogens with one attached hydrogen (secondary N) is 1. The monoisotopic (exact) mass is 398 g/mol. The molecule has 1 aromatic heterocycles. The number of rotatable bonds is 4. The van der Waals surface area contributed by atoms with Crippen molar-refractivity contribution in [2.75, 3.05) is 13.7 Å². The molecule has 1 N–H and O–H groups in total. The average Bonchev–Trinajstić information content (AvgIpc) is 3.14. The van der Waals surface area contributed by atoms with Gasteiger partial charge in [0.2, 0.25) is 0 Å². The topological polar surface area (TPSA) is 85.7 Å². The molecule has 0 atom stereocenters. The van der Waals surface area contributed by atoms with Gasteiger partial charge in [0, 0.05) is 18.2 Å². The Morgan fingerprint density at radius 1 is 1.10 bits per heavy atom. The van der Waals surface area contributed by atoms with Crippen molar-refractivity contribution in [3.63, 3.8) is 0 Å². The summed E-state index contributed by atoms with van der Waals surface area (Å²) in [6.45, 7) is 1.32. The van der Waals surface area contributed by atoms with Crippen molar-refractivity contribution < 1.29 is 19.2 Å². The molecule has 2 aromatic rings. The number of amides is 1. The van der Waals surface area contributed by atoms with Crippen LogP contribution in [0, 0.1) is 0 Å². The van der Waals surface area contributed by atoms with Gasteiger partial charge in [-0.1, -0.05) is 49.6 Å². The number of nitrogens with zero attached hydrogens (tertiary/aromatic N) is 3. The maximum absolute atomic E-state index is 13.1. The van der Waals surface area contributed by atoms with Crippen LogP contribution in [-0.4, -0.2) is 46.4 Å². The fraction of sp³-hybridized carbons (Fsp3) is 0.476. The maximum Gasteiger partial charge on any atom is 0.527 e. The third-order valence-electron chi connectivity index (χ3n) is 5.53. The Bertz CT molecular complexity index is 874. The van der Waals surface area contributed by atoms with Crippen LogP contribution in [0.2, 0.25) is 0 Å². The first-order valence-electron chi connectivity index (χ1n) is 10.1. The normalized spacial score (nSPS) is 17.4. The van der Waals surface area contributed by atoms with Gasteiger partial charge in [-0.2, -0.15) is 0 Å². The minimum absolute atomic E-state index is 0.164. The highest BCUT2D eigenvalue weighted by atomic mass is 16.8. The number of hydrogen-bond acceptors (Lipinski definition) is 6. The van der Waals surface area contributed by atoms with Crippen LogP contribution >= 0.6 is 0 Å². The SMILES string of the molecule is COC(=O)ON1CCn2c(-c3ccccc3)nc(C(=O)NC3CCCCC3)c2C1. The predicted molar refractivity (Wildman–Crippen MR) is 106 cm³/mol. The molecular formula is C21H26N4O4. The number of fused-ring (bicyclic) bond motifs is 1. The molecule has 1 amide bonds. The van der Waals surface area contributed by atoms with E-state index in [4.69, 9.17) is 9.82 Å². The highest BCUT2D eigenvalue weighted by molar-refractivity contribution is 5.94. The first-order chi connectivity index (χ1) is 14.2. The lowest BCUT2D eigenvalue weighted by atomic mass is 9.95. The smallest absolute Gasteiger partial charge is 0.436 e. The average molecular weight is 398 g/mol. The number of hydroxylamine groups is 2. The fourth-order valence-corrected chi connectivity index (χ4v) is 4.06. The highest BCUT2D eigenvalue weighted by Crippen LogP contribution is 2.27. The second-order valence-electron chi connectivity index (χ2n) is 7.47. The Labute approximate surface area is 169 Å². The van der Waals surface area contributed by atoms with Crippen molar-refractivity contribution in [1.82, 2.24) is 19.9 Å². The van der Waals surface area contributed by atoms with Gasteiger partial charge in [0.15, 0.2) is 5.69 Å². The molecule has 0 radical (unpaired) electrons. The van der Waals surface area contributed by atoms with E-state index in [1.807, 2.05) is 34.9 Å². The number of benzene rings is 1. The lowest BCUT2D eigenvalue weighted by molar-refractivity contribution is -0.139. The maximum atomic E-state index is 13.1. The third kappa shape index (κ3) is 4.27. The lowest BCUT2D eigenvalue weighted by Crippen LogP contribution is -2.39. The van der Waals surface area contributed by atoms with Crippen molar-refractivity contribution in [2.45, 2.75) is 51.2 Å². The van der Waals surface area contributed by atoms with E-state index in [1.165, 1.54) is 18.6 Å². The molecule has 4 rings (SSSR count). The molecule has 1 fully saturated rings. The molecule has 2 heterocycles. The first-order valence-corrected chi connectivity index (χ1v) is 10.1. The molecular weight excluding hydrogens is 372 g/mol. The molecule has 8 heteroatoms. The quantitative estimate of drug-likeness (QED) is 0.797. The molecule has 0 saturated heterocycles. The van der Waals surface area contributed by atoms with Crippen LogP contribution in [0.15, 0.2) is 30.3 Å². The van der Waals surface area contributed by atoms with E-state index in [2.05, 4.69) is 10.1 Å². The van der Waals surface area contributed by atoms with E-state index < -0.39 is 6.16 Å². The summed E-state index contributed by atoms with van der Waals surface area (Å²) in [5, 5.41) is 4.66. The zero-order valence-corrected chi connectivity index (χ0v) is 16.6. The van der Waals surface area contributed by atoms with Gasteiger partial charge in [-0.3, -0.25) is 4.79 Å². The first kappa shape index (κ1) is 19.4. The van der Waals surface area contributed by atoms with Crippen molar-refractivity contribution >= 4 is 12.1 Å². The van der Waals surface area contributed by atoms with E-state index in [1.54, 1.807) is 0 Å². The summed E-state index contributed by atoms with van der Waals surface area (Å²) in [6, 6.07) is 10.0. The number of carbonyl (C=O) groups excluding carboxylic acids is 2. The van der Waals surface area contributed by atoms with Crippen LogP contribution in [0.25, 0.3) is 11.4 Å². The summed E-state index contributed by atoms with van der Waals surface area (Å²) in [6.07, 6.45) is 4.75. The molecule has 1 aromatic carbocycles. The molecule has 1 aliphatic heterocycles. The van der Waals surface area contributed by atoms with Gasteiger partial charge in [-0.15, -0.1) is 5.06 Å².